The van der Waals surface area contributed by atoms with E-state index in [4.69, 9.17) is 16.3 Å². The van der Waals surface area contributed by atoms with Gasteiger partial charge in [-0.1, -0.05) is 32.7 Å². The predicted molar refractivity (Wildman–Crippen MR) is 94.7 cm³/mol. The Kier molecular flexibility index (Phi) is 4.39. The van der Waals surface area contributed by atoms with Crippen molar-refractivity contribution in [2.45, 2.75) is 0 Å². The first-order chi connectivity index (χ1) is 10.8. The molecule has 23 heavy (non-hydrogen) atoms. The van der Waals surface area contributed by atoms with Crippen molar-refractivity contribution in [1.29, 1.82) is 0 Å². The van der Waals surface area contributed by atoms with Gasteiger partial charge in [0.25, 0.3) is 10.0 Å². The fraction of sp³-hybridized carbons (Fsp3) is 0.0769. The van der Waals surface area contributed by atoms with Crippen molar-refractivity contribution in [3.63, 3.8) is 0 Å². The molecule has 2 aromatic carbocycles. The van der Waals surface area contributed by atoms with Crippen LogP contribution in [0, 0.1) is 0 Å². The second kappa shape index (κ2) is 6.04. The van der Waals surface area contributed by atoms with Crippen LogP contribution in [0.2, 0.25) is 5.02 Å². The first-order valence-corrected chi connectivity index (χ1v) is 9.95. The van der Waals surface area contributed by atoms with E-state index in [1.54, 1.807) is 12.1 Å². The highest BCUT2D eigenvalue weighted by molar-refractivity contribution is 9.11. The van der Waals surface area contributed by atoms with E-state index < -0.39 is 10.0 Å². The molecule has 3 aromatic rings. The molecule has 0 saturated heterocycles. The summed E-state index contributed by atoms with van der Waals surface area (Å²) in [6.45, 7) is 0. The second-order valence-corrected chi connectivity index (χ2v) is 8.63. The van der Waals surface area contributed by atoms with Gasteiger partial charge in [0.05, 0.1) is 15.8 Å². The SMILES string of the molecule is CS(=O)(=O)n1nnc2cc(Oc3ccc(Br)cc3Br)c(Cl)cc21. The highest BCUT2D eigenvalue weighted by Crippen LogP contribution is 2.37. The Morgan fingerprint density at radius 1 is 1.17 bits per heavy atom. The highest BCUT2D eigenvalue weighted by atomic mass is 79.9. The summed E-state index contributed by atoms with van der Waals surface area (Å²) in [7, 11) is -3.56. The Hall–Kier alpha value is -1.16. The Labute approximate surface area is 153 Å². The van der Waals surface area contributed by atoms with E-state index in [1.165, 1.54) is 6.07 Å². The van der Waals surface area contributed by atoms with Crippen LogP contribution in [0.1, 0.15) is 0 Å². The van der Waals surface area contributed by atoms with Gasteiger partial charge in [0.2, 0.25) is 0 Å². The molecule has 0 aliphatic rings. The van der Waals surface area contributed by atoms with Crippen LogP contribution in [0.25, 0.3) is 11.0 Å². The molecule has 0 unspecified atom stereocenters. The molecule has 1 heterocycles. The Morgan fingerprint density at radius 2 is 1.91 bits per heavy atom. The fourth-order valence-electron chi connectivity index (χ4n) is 1.90. The summed E-state index contributed by atoms with van der Waals surface area (Å²) in [6, 6.07) is 8.43. The zero-order valence-corrected chi connectivity index (χ0v) is 16.2. The molecule has 6 nitrogen and oxygen atoms in total. The largest absolute Gasteiger partial charge is 0.455 e. The first-order valence-electron chi connectivity index (χ1n) is 6.14. The van der Waals surface area contributed by atoms with E-state index in [2.05, 4.69) is 42.2 Å². The smallest absolute Gasteiger partial charge is 0.252 e. The summed E-state index contributed by atoms with van der Waals surface area (Å²) in [5.74, 6) is 0.910. The van der Waals surface area contributed by atoms with Crippen LogP contribution in [0.15, 0.2) is 39.3 Å². The molecule has 0 aliphatic carbocycles. The standard InChI is InChI=1S/C13H8Br2ClN3O3S/c1-23(20,21)19-11-5-9(16)13(6-10(11)17-18-19)22-12-3-2-7(14)4-8(12)15/h2-6H,1H3. The monoisotopic (exact) mass is 479 g/mol. The van der Waals surface area contributed by atoms with Gasteiger partial charge in [-0.05, 0) is 40.2 Å². The lowest BCUT2D eigenvalue weighted by Gasteiger charge is -2.10. The lowest BCUT2D eigenvalue weighted by Crippen LogP contribution is -2.11. The summed E-state index contributed by atoms with van der Waals surface area (Å²) in [4.78, 5) is 0. The van der Waals surface area contributed by atoms with E-state index in [9.17, 15) is 8.42 Å². The number of hydrogen-bond acceptors (Lipinski definition) is 5. The van der Waals surface area contributed by atoms with Gasteiger partial charge in [0, 0.05) is 10.5 Å². The molecule has 0 N–H and O–H groups in total. The molecule has 0 radical (unpaired) electrons. The minimum Gasteiger partial charge on any atom is -0.455 e. The van der Waals surface area contributed by atoms with Crippen molar-refractivity contribution in [3.8, 4) is 11.5 Å². The van der Waals surface area contributed by atoms with Gasteiger partial charge < -0.3 is 4.74 Å². The lowest BCUT2D eigenvalue weighted by molar-refractivity contribution is 0.480. The van der Waals surface area contributed by atoms with E-state index in [-0.39, 0.29) is 5.02 Å². The number of nitrogens with zero attached hydrogens (tertiary/aromatic N) is 3. The molecule has 0 amide bonds. The molecule has 0 fully saturated rings. The Balaban J connectivity index is 2.07. The van der Waals surface area contributed by atoms with E-state index in [1.807, 2.05) is 12.1 Å². The van der Waals surface area contributed by atoms with Crippen LogP contribution in [0.5, 0.6) is 11.5 Å². The Morgan fingerprint density at radius 3 is 2.57 bits per heavy atom. The number of ether oxygens (including phenoxy) is 1. The molecule has 120 valence electrons. The topological polar surface area (TPSA) is 74.1 Å². The van der Waals surface area contributed by atoms with Gasteiger partial charge in [-0.15, -0.1) is 9.19 Å². The van der Waals surface area contributed by atoms with Crippen molar-refractivity contribution < 1.29 is 13.2 Å². The van der Waals surface area contributed by atoms with Crippen LogP contribution >= 0.6 is 43.5 Å². The van der Waals surface area contributed by atoms with Crippen molar-refractivity contribution in [2.24, 2.45) is 0 Å². The summed E-state index contributed by atoms with van der Waals surface area (Å²) in [5.41, 5.74) is 0.655. The molecule has 0 saturated carbocycles. The molecule has 3 rings (SSSR count). The molecule has 0 aliphatic heterocycles. The number of halogens is 3. The molecular weight excluding hydrogens is 473 g/mol. The summed E-state index contributed by atoms with van der Waals surface area (Å²) in [6.07, 6.45) is 1.04. The van der Waals surface area contributed by atoms with Gasteiger partial charge in [-0.3, -0.25) is 0 Å². The van der Waals surface area contributed by atoms with Crippen LogP contribution in [-0.4, -0.2) is 29.1 Å². The van der Waals surface area contributed by atoms with E-state index in [0.29, 0.717) is 22.5 Å². The normalized spacial score (nSPS) is 11.8. The minimum atomic E-state index is -3.56. The first kappa shape index (κ1) is 16.7. The minimum absolute atomic E-state index is 0.250. The third-order valence-electron chi connectivity index (χ3n) is 2.90. The number of rotatable bonds is 3. The number of aromatic nitrogens is 3. The number of fused-ring (bicyclic) bond motifs is 1. The Bertz CT molecular complexity index is 1020. The maximum absolute atomic E-state index is 11.6. The summed E-state index contributed by atoms with van der Waals surface area (Å²) < 4.78 is 31.5. The van der Waals surface area contributed by atoms with E-state index in [0.717, 1.165) is 19.3 Å². The predicted octanol–water partition coefficient (Wildman–Crippen LogP) is 4.21. The van der Waals surface area contributed by atoms with Gasteiger partial charge in [0.15, 0.2) is 0 Å². The van der Waals surface area contributed by atoms with Crippen LogP contribution in [-0.2, 0) is 10.0 Å². The molecule has 10 heteroatoms. The maximum Gasteiger partial charge on any atom is 0.252 e. The zero-order chi connectivity index (χ0) is 16.8. The quantitative estimate of drug-likeness (QED) is 0.560. The van der Waals surface area contributed by atoms with Gasteiger partial charge in [-0.2, -0.15) is 0 Å². The molecule has 0 bridgehead atoms. The van der Waals surface area contributed by atoms with Gasteiger partial charge in [-0.25, -0.2) is 8.42 Å². The zero-order valence-electron chi connectivity index (χ0n) is 11.5. The number of benzene rings is 2. The van der Waals surface area contributed by atoms with Crippen LogP contribution in [0.3, 0.4) is 0 Å². The maximum atomic E-state index is 11.6. The van der Waals surface area contributed by atoms with Gasteiger partial charge >= 0.3 is 0 Å². The van der Waals surface area contributed by atoms with Gasteiger partial charge in [0.1, 0.15) is 22.5 Å². The molecular formula is C13H8Br2ClN3O3S. The number of hydrogen-bond donors (Lipinski definition) is 0. The fourth-order valence-corrected chi connectivity index (χ4v) is 3.90. The third kappa shape index (κ3) is 3.37. The average molecular weight is 482 g/mol. The van der Waals surface area contributed by atoms with Crippen molar-refractivity contribution >= 4 is 64.5 Å². The average Bonchev–Trinajstić information content (AvgIpc) is 2.84. The summed E-state index contributed by atoms with van der Waals surface area (Å²) >= 11 is 13.0. The van der Waals surface area contributed by atoms with E-state index >= 15 is 0 Å². The summed E-state index contributed by atoms with van der Waals surface area (Å²) in [5, 5.41) is 7.72. The van der Waals surface area contributed by atoms with Crippen molar-refractivity contribution in [1.82, 2.24) is 14.4 Å². The molecule has 0 spiro atoms. The highest BCUT2D eigenvalue weighted by Gasteiger charge is 2.17. The third-order valence-corrected chi connectivity index (χ3v) is 5.20. The van der Waals surface area contributed by atoms with Crippen molar-refractivity contribution in [2.75, 3.05) is 6.26 Å². The van der Waals surface area contributed by atoms with Crippen LogP contribution in [0.4, 0.5) is 0 Å². The molecule has 0 atom stereocenters. The lowest BCUT2D eigenvalue weighted by atomic mass is 10.3. The molecule has 1 aromatic heterocycles. The second-order valence-electron chi connectivity index (χ2n) is 4.64. The van der Waals surface area contributed by atoms with Crippen LogP contribution < -0.4 is 4.74 Å². The van der Waals surface area contributed by atoms with Crippen molar-refractivity contribution in [3.05, 3.63) is 44.3 Å².